The van der Waals surface area contributed by atoms with Crippen molar-refractivity contribution in [2.75, 3.05) is 24.3 Å². The quantitative estimate of drug-likeness (QED) is 0.863. The number of anilines is 2. The highest BCUT2D eigenvalue weighted by Crippen LogP contribution is 2.32. The minimum Gasteiger partial charge on any atom is -0.384 e. The molecule has 1 aliphatic heterocycles. The van der Waals surface area contributed by atoms with E-state index in [1.54, 1.807) is 7.11 Å². The van der Waals surface area contributed by atoms with E-state index >= 15 is 0 Å². The molecule has 5 heteroatoms. The fourth-order valence-electron chi connectivity index (χ4n) is 2.37. The molecule has 0 bridgehead atoms. The summed E-state index contributed by atoms with van der Waals surface area (Å²) in [6, 6.07) is 1.84. The van der Waals surface area contributed by atoms with Gasteiger partial charge >= 0.3 is 0 Å². The molecule has 1 fully saturated rings. The maximum Gasteiger partial charge on any atom is 0.158 e. The summed E-state index contributed by atoms with van der Waals surface area (Å²) in [6.07, 6.45) is 2.37. The van der Waals surface area contributed by atoms with Gasteiger partial charge in [-0.3, -0.25) is 0 Å². The molecule has 94 valence electrons. The van der Waals surface area contributed by atoms with Crippen LogP contribution in [0.5, 0.6) is 0 Å². The molecule has 0 amide bonds. The van der Waals surface area contributed by atoms with Crippen LogP contribution in [-0.2, 0) is 11.3 Å². The zero-order valence-corrected chi connectivity index (χ0v) is 10.7. The number of hydrogen-bond acceptors (Lipinski definition) is 5. The number of aromatic nitrogens is 2. The Kier molecular flexibility index (Phi) is 3.19. The molecule has 5 nitrogen and oxygen atoms in total. The summed E-state index contributed by atoms with van der Waals surface area (Å²) in [5, 5.41) is 0. The van der Waals surface area contributed by atoms with Gasteiger partial charge in [-0.2, -0.15) is 0 Å². The van der Waals surface area contributed by atoms with Gasteiger partial charge in [-0.15, -0.1) is 0 Å². The van der Waals surface area contributed by atoms with Crippen LogP contribution in [0.2, 0.25) is 0 Å². The first kappa shape index (κ1) is 12.1. The number of ether oxygens (including phenoxy) is 1. The lowest BCUT2D eigenvalue weighted by molar-refractivity contribution is 0.178. The van der Waals surface area contributed by atoms with Crippen LogP contribution >= 0.6 is 0 Å². The lowest BCUT2D eigenvalue weighted by Crippen LogP contribution is -2.38. The van der Waals surface area contributed by atoms with Gasteiger partial charge in [0.2, 0.25) is 0 Å². The molecule has 17 heavy (non-hydrogen) atoms. The fraction of sp³-hybridized carbons (Fsp3) is 0.667. The Morgan fingerprint density at radius 3 is 2.82 bits per heavy atom. The summed E-state index contributed by atoms with van der Waals surface area (Å²) in [6.45, 7) is 5.88. The molecule has 2 rings (SSSR count). The van der Waals surface area contributed by atoms with Crippen molar-refractivity contribution >= 4 is 11.6 Å². The molecule has 1 aromatic rings. The molecular weight excluding hydrogens is 216 g/mol. The lowest BCUT2D eigenvalue weighted by Gasteiger charge is -2.32. The summed E-state index contributed by atoms with van der Waals surface area (Å²) in [5.41, 5.74) is 5.96. The third-order valence-corrected chi connectivity index (χ3v) is 3.23. The highest BCUT2D eigenvalue weighted by Gasteiger charge is 2.33. The Hall–Kier alpha value is -1.36. The summed E-state index contributed by atoms with van der Waals surface area (Å²) < 4.78 is 5.05. The third-order valence-electron chi connectivity index (χ3n) is 3.23. The molecule has 1 saturated heterocycles. The second kappa shape index (κ2) is 4.49. The van der Waals surface area contributed by atoms with Crippen molar-refractivity contribution in [3.63, 3.8) is 0 Å². The van der Waals surface area contributed by atoms with Crippen LogP contribution in [0.25, 0.3) is 0 Å². The predicted octanol–water partition coefficient (Wildman–Crippen LogP) is 1.58. The number of nitrogen functional groups attached to an aromatic ring is 1. The molecule has 0 saturated carbocycles. The SMILES string of the molecule is COCc1nc(N)cc(N2CCCC2(C)C)n1. The van der Waals surface area contributed by atoms with Gasteiger partial charge in [0, 0.05) is 25.3 Å². The Balaban J connectivity index is 2.31. The van der Waals surface area contributed by atoms with Crippen LogP contribution in [-0.4, -0.2) is 29.2 Å². The van der Waals surface area contributed by atoms with Crippen LogP contribution in [0.4, 0.5) is 11.6 Å². The van der Waals surface area contributed by atoms with Gasteiger partial charge < -0.3 is 15.4 Å². The van der Waals surface area contributed by atoms with E-state index < -0.39 is 0 Å². The summed E-state index contributed by atoms with van der Waals surface area (Å²) >= 11 is 0. The van der Waals surface area contributed by atoms with Crippen LogP contribution in [0, 0.1) is 0 Å². The number of nitrogens with two attached hydrogens (primary N) is 1. The largest absolute Gasteiger partial charge is 0.384 e. The molecule has 0 aliphatic carbocycles. The number of methoxy groups -OCH3 is 1. The highest BCUT2D eigenvalue weighted by molar-refractivity contribution is 5.49. The number of rotatable bonds is 3. The first-order valence-corrected chi connectivity index (χ1v) is 5.93. The van der Waals surface area contributed by atoms with Crippen molar-refractivity contribution in [2.45, 2.75) is 38.8 Å². The molecule has 0 aromatic carbocycles. The average Bonchev–Trinajstić information content (AvgIpc) is 2.57. The molecule has 2 heterocycles. The van der Waals surface area contributed by atoms with Crippen LogP contribution in [0.3, 0.4) is 0 Å². The van der Waals surface area contributed by atoms with Crippen LogP contribution in [0.1, 0.15) is 32.5 Å². The van der Waals surface area contributed by atoms with Gasteiger partial charge in [-0.05, 0) is 26.7 Å². The van der Waals surface area contributed by atoms with Crippen molar-refractivity contribution in [1.82, 2.24) is 9.97 Å². The summed E-state index contributed by atoms with van der Waals surface area (Å²) in [7, 11) is 1.63. The monoisotopic (exact) mass is 236 g/mol. The standard InChI is InChI=1S/C12H20N4O/c1-12(2)5-4-6-16(12)11-7-9(13)14-10(15-11)8-17-3/h7H,4-6,8H2,1-3H3,(H2,13,14,15). The van der Waals surface area contributed by atoms with Gasteiger partial charge in [0.25, 0.3) is 0 Å². The molecule has 1 aliphatic rings. The van der Waals surface area contributed by atoms with E-state index in [4.69, 9.17) is 10.5 Å². The second-order valence-electron chi connectivity index (χ2n) is 5.07. The van der Waals surface area contributed by atoms with E-state index in [1.807, 2.05) is 6.07 Å². The van der Waals surface area contributed by atoms with Crippen molar-refractivity contribution in [1.29, 1.82) is 0 Å². The van der Waals surface area contributed by atoms with Gasteiger partial charge in [0.05, 0.1) is 0 Å². The van der Waals surface area contributed by atoms with Gasteiger partial charge in [-0.25, -0.2) is 9.97 Å². The van der Waals surface area contributed by atoms with E-state index in [0.29, 0.717) is 18.2 Å². The molecule has 0 atom stereocenters. The minimum atomic E-state index is 0.144. The van der Waals surface area contributed by atoms with E-state index in [-0.39, 0.29) is 5.54 Å². The van der Waals surface area contributed by atoms with Crippen molar-refractivity contribution in [2.24, 2.45) is 0 Å². The normalized spacial score (nSPS) is 18.6. The topological polar surface area (TPSA) is 64.3 Å². The van der Waals surface area contributed by atoms with E-state index in [2.05, 4.69) is 28.7 Å². The van der Waals surface area contributed by atoms with E-state index in [0.717, 1.165) is 12.4 Å². The van der Waals surface area contributed by atoms with Gasteiger partial charge in [-0.1, -0.05) is 0 Å². The Morgan fingerprint density at radius 2 is 2.24 bits per heavy atom. The molecule has 1 aromatic heterocycles. The van der Waals surface area contributed by atoms with Crippen molar-refractivity contribution in [3.8, 4) is 0 Å². The fourth-order valence-corrected chi connectivity index (χ4v) is 2.37. The molecule has 0 radical (unpaired) electrons. The zero-order valence-electron chi connectivity index (χ0n) is 10.7. The molecule has 2 N–H and O–H groups in total. The van der Waals surface area contributed by atoms with Gasteiger partial charge in [0.1, 0.15) is 18.2 Å². The van der Waals surface area contributed by atoms with E-state index in [9.17, 15) is 0 Å². The second-order valence-corrected chi connectivity index (χ2v) is 5.07. The summed E-state index contributed by atoms with van der Waals surface area (Å²) in [5.74, 6) is 2.06. The van der Waals surface area contributed by atoms with Crippen molar-refractivity contribution < 1.29 is 4.74 Å². The molecule has 0 spiro atoms. The smallest absolute Gasteiger partial charge is 0.158 e. The number of nitrogens with zero attached hydrogens (tertiary/aromatic N) is 3. The average molecular weight is 236 g/mol. The first-order chi connectivity index (χ1) is 8.03. The van der Waals surface area contributed by atoms with Crippen molar-refractivity contribution in [3.05, 3.63) is 11.9 Å². The lowest BCUT2D eigenvalue weighted by atomic mass is 10.0. The number of hydrogen-bond donors (Lipinski definition) is 1. The van der Waals surface area contributed by atoms with E-state index in [1.165, 1.54) is 12.8 Å². The van der Waals surface area contributed by atoms with Crippen LogP contribution in [0.15, 0.2) is 6.07 Å². The maximum absolute atomic E-state index is 5.81. The Morgan fingerprint density at radius 1 is 1.47 bits per heavy atom. The van der Waals surface area contributed by atoms with Crippen LogP contribution < -0.4 is 10.6 Å². The van der Waals surface area contributed by atoms with Gasteiger partial charge in [0.15, 0.2) is 5.82 Å². The summed E-state index contributed by atoms with van der Waals surface area (Å²) in [4.78, 5) is 11.0. The zero-order chi connectivity index (χ0) is 12.5. The maximum atomic E-state index is 5.81. The molecular formula is C12H20N4O. The third kappa shape index (κ3) is 2.49. The molecule has 0 unspecified atom stereocenters. The Bertz CT molecular complexity index is 405. The predicted molar refractivity (Wildman–Crippen MR) is 67.8 cm³/mol. The Labute approximate surface area is 102 Å². The minimum absolute atomic E-state index is 0.144. The first-order valence-electron chi connectivity index (χ1n) is 5.93. The highest BCUT2D eigenvalue weighted by atomic mass is 16.5.